The zero-order chi connectivity index (χ0) is 26.8. The van der Waals surface area contributed by atoms with Crippen LogP contribution in [0.2, 0.25) is 5.02 Å². The van der Waals surface area contributed by atoms with Crippen molar-refractivity contribution in [2.24, 2.45) is 0 Å². The summed E-state index contributed by atoms with van der Waals surface area (Å²) in [4.78, 5) is 26.5. The van der Waals surface area contributed by atoms with Crippen molar-refractivity contribution in [3.05, 3.63) is 88.0 Å². The Labute approximate surface area is 220 Å². The number of amides is 2. The summed E-state index contributed by atoms with van der Waals surface area (Å²) in [5, 5.41) is 10.2. The maximum atomic E-state index is 14.2. The zero-order valence-electron chi connectivity index (χ0n) is 18.9. The highest BCUT2D eigenvalue weighted by Gasteiger charge is 2.38. The van der Waals surface area contributed by atoms with Gasteiger partial charge in [-0.15, -0.1) is 0 Å². The molecule has 2 amide bonds. The summed E-state index contributed by atoms with van der Waals surface area (Å²) in [6, 6.07) is 11.0. The Morgan fingerprint density at radius 2 is 1.95 bits per heavy atom. The number of halogens is 5. The second-order valence-electron chi connectivity index (χ2n) is 8.62. The number of anilines is 1. The van der Waals surface area contributed by atoms with Crippen LogP contribution in [-0.2, 0) is 6.54 Å². The molecule has 2 aromatic heterocycles. The molecular weight excluding hydrogens is 546 g/mol. The third-order valence-corrected chi connectivity index (χ3v) is 7.39. The van der Waals surface area contributed by atoms with Crippen LogP contribution in [0.1, 0.15) is 38.0 Å². The van der Waals surface area contributed by atoms with Crippen molar-refractivity contribution in [2.75, 3.05) is 5.32 Å². The van der Waals surface area contributed by atoms with Gasteiger partial charge in [-0.2, -0.15) is 22.6 Å². The molecule has 0 unspecified atom stereocenters. The first-order valence-corrected chi connectivity index (χ1v) is 12.3. The first kappa shape index (κ1) is 24.3. The van der Waals surface area contributed by atoms with Crippen LogP contribution in [0.4, 0.5) is 23.2 Å². The lowest BCUT2D eigenvalue weighted by molar-refractivity contribution is -0.141. The van der Waals surface area contributed by atoms with Crippen molar-refractivity contribution < 1.29 is 27.2 Å². The SMILES string of the molecule is O=C(Nc1cc2c(cnn2CC(F)(F)F)c2c1[C@H](c1cc(F)ccc1Cl)NC2=O)c1nsc2ccccc12. The minimum atomic E-state index is -4.58. The number of fused-ring (bicyclic) bond motifs is 4. The molecule has 0 saturated carbocycles. The molecule has 0 radical (unpaired) electrons. The van der Waals surface area contributed by atoms with Crippen molar-refractivity contribution in [1.29, 1.82) is 0 Å². The molecule has 1 atom stereocenters. The van der Waals surface area contributed by atoms with E-state index in [-0.39, 0.29) is 44.0 Å². The Morgan fingerprint density at radius 1 is 1.16 bits per heavy atom. The van der Waals surface area contributed by atoms with E-state index >= 15 is 0 Å². The topological polar surface area (TPSA) is 88.9 Å². The fraction of sp³-hybridized carbons (Fsp3) is 0.120. The van der Waals surface area contributed by atoms with Gasteiger partial charge in [0.2, 0.25) is 0 Å². The van der Waals surface area contributed by atoms with Crippen LogP contribution in [0, 0.1) is 5.82 Å². The van der Waals surface area contributed by atoms with E-state index in [4.69, 9.17) is 11.6 Å². The second kappa shape index (κ2) is 8.77. The van der Waals surface area contributed by atoms with Gasteiger partial charge in [0, 0.05) is 32.6 Å². The van der Waals surface area contributed by atoms with Crippen LogP contribution < -0.4 is 10.6 Å². The van der Waals surface area contributed by atoms with Crippen molar-refractivity contribution in [3.8, 4) is 0 Å². The summed E-state index contributed by atoms with van der Waals surface area (Å²) < 4.78 is 59.6. The van der Waals surface area contributed by atoms with Gasteiger partial charge in [-0.1, -0.05) is 29.8 Å². The summed E-state index contributed by atoms with van der Waals surface area (Å²) >= 11 is 7.45. The molecule has 3 aromatic carbocycles. The van der Waals surface area contributed by atoms with Crippen LogP contribution in [0.25, 0.3) is 21.0 Å². The standard InChI is InChI=1S/C25H14ClF4N5O2S/c26-15-6-5-11(27)7-13(15)21-20-16(32-24(37)22-12-3-1-2-4-18(12)38-34-22)8-17-14(19(20)23(36)33-21)9-31-35(17)10-25(28,29)30/h1-9,21H,10H2,(H,32,37)(H,33,36)/t21-/m0/s1. The Balaban J connectivity index is 1.55. The molecule has 0 fully saturated rings. The van der Waals surface area contributed by atoms with E-state index in [1.54, 1.807) is 24.3 Å². The smallest absolute Gasteiger partial charge is 0.341 e. The first-order chi connectivity index (χ1) is 18.1. The number of carbonyl (C=O) groups is 2. The van der Waals surface area contributed by atoms with Gasteiger partial charge in [0.1, 0.15) is 18.1 Å². The Hall–Kier alpha value is -4.03. The molecule has 2 N–H and O–H groups in total. The molecule has 6 rings (SSSR count). The van der Waals surface area contributed by atoms with Crippen molar-refractivity contribution >= 4 is 61.6 Å². The normalized spacial score (nSPS) is 15.2. The molecule has 38 heavy (non-hydrogen) atoms. The number of hydrogen-bond donors (Lipinski definition) is 2. The Kier molecular flexibility index (Phi) is 5.61. The quantitative estimate of drug-likeness (QED) is 0.261. The van der Waals surface area contributed by atoms with Crippen LogP contribution >= 0.6 is 23.1 Å². The Morgan fingerprint density at radius 3 is 2.74 bits per heavy atom. The lowest BCUT2D eigenvalue weighted by atomic mass is 9.94. The predicted molar refractivity (Wildman–Crippen MR) is 134 cm³/mol. The zero-order valence-corrected chi connectivity index (χ0v) is 20.5. The summed E-state index contributed by atoms with van der Waals surface area (Å²) in [6.07, 6.45) is -3.42. The Bertz CT molecular complexity index is 1780. The molecule has 13 heteroatoms. The summed E-state index contributed by atoms with van der Waals surface area (Å²) in [5.74, 6) is -1.86. The molecule has 7 nitrogen and oxygen atoms in total. The van der Waals surface area contributed by atoms with Gasteiger partial charge < -0.3 is 10.6 Å². The van der Waals surface area contributed by atoms with Gasteiger partial charge in [-0.25, -0.2) is 4.39 Å². The van der Waals surface area contributed by atoms with E-state index in [9.17, 15) is 27.2 Å². The number of rotatable bonds is 4. The maximum Gasteiger partial charge on any atom is 0.408 e. The molecule has 0 saturated heterocycles. The number of hydrogen-bond acceptors (Lipinski definition) is 5. The number of alkyl halides is 3. The van der Waals surface area contributed by atoms with Gasteiger partial charge in [-0.3, -0.25) is 14.3 Å². The molecule has 3 heterocycles. The first-order valence-electron chi connectivity index (χ1n) is 11.1. The molecule has 5 aromatic rings. The van der Waals surface area contributed by atoms with Crippen molar-refractivity contribution in [2.45, 2.75) is 18.8 Å². The minimum Gasteiger partial charge on any atom is -0.341 e. The van der Waals surface area contributed by atoms with Gasteiger partial charge in [0.15, 0.2) is 0 Å². The van der Waals surface area contributed by atoms with Gasteiger partial charge in [0.25, 0.3) is 11.8 Å². The average molecular weight is 560 g/mol. The number of nitrogens with zero attached hydrogens (tertiary/aromatic N) is 3. The fourth-order valence-electron chi connectivity index (χ4n) is 4.65. The van der Waals surface area contributed by atoms with Crippen LogP contribution in [0.3, 0.4) is 0 Å². The predicted octanol–water partition coefficient (Wildman–Crippen LogP) is 6.09. The summed E-state index contributed by atoms with van der Waals surface area (Å²) in [5.41, 5.74) is 0.605. The number of carbonyl (C=O) groups excluding carboxylic acids is 2. The lowest BCUT2D eigenvalue weighted by Crippen LogP contribution is -2.21. The van der Waals surface area contributed by atoms with Crippen molar-refractivity contribution in [1.82, 2.24) is 19.5 Å². The summed E-state index contributed by atoms with van der Waals surface area (Å²) in [6.45, 7) is -1.40. The molecule has 0 aliphatic carbocycles. The molecule has 1 aliphatic rings. The van der Waals surface area contributed by atoms with E-state index in [1.807, 2.05) is 0 Å². The number of nitrogens with one attached hydrogen (secondary N) is 2. The molecule has 0 bridgehead atoms. The lowest BCUT2D eigenvalue weighted by Gasteiger charge is -2.18. The summed E-state index contributed by atoms with van der Waals surface area (Å²) in [7, 11) is 0. The van der Waals surface area contributed by atoms with E-state index < -0.39 is 36.4 Å². The molecule has 1 aliphatic heterocycles. The maximum absolute atomic E-state index is 14.2. The molecule has 0 spiro atoms. The van der Waals surface area contributed by atoms with E-state index in [0.29, 0.717) is 10.1 Å². The minimum absolute atomic E-state index is 0.0133. The average Bonchev–Trinajstić information content (AvgIpc) is 3.55. The van der Waals surface area contributed by atoms with E-state index in [0.717, 1.165) is 34.6 Å². The largest absolute Gasteiger partial charge is 0.408 e. The molecular formula is C25H14ClF4N5O2S. The number of benzene rings is 3. The van der Waals surface area contributed by atoms with E-state index in [2.05, 4.69) is 20.1 Å². The fourth-order valence-corrected chi connectivity index (χ4v) is 5.65. The highest BCUT2D eigenvalue weighted by atomic mass is 35.5. The van der Waals surface area contributed by atoms with Crippen LogP contribution in [0.15, 0.2) is 54.7 Å². The number of aromatic nitrogens is 3. The van der Waals surface area contributed by atoms with Crippen LogP contribution in [0.5, 0.6) is 0 Å². The highest BCUT2D eigenvalue weighted by molar-refractivity contribution is 7.13. The van der Waals surface area contributed by atoms with Crippen molar-refractivity contribution in [3.63, 3.8) is 0 Å². The van der Waals surface area contributed by atoms with E-state index in [1.165, 1.54) is 12.1 Å². The monoisotopic (exact) mass is 559 g/mol. The highest BCUT2D eigenvalue weighted by Crippen LogP contribution is 2.43. The molecule has 192 valence electrons. The third-order valence-electron chi connectivity index (χ3n) is 6.22. The van der Waals surface area contributed by atoms with Gasteiger partial charge >= 0.3 is 6.18 Å². The van der Waals surface area contributed by atoms with Gasteiger partial charge in [-0.05, 0) is 41.9 Å². The van der Waals surface area contributed by atoms with Gasteiger partial charge in [0.05, 0.1) is 28.0 Å². The second-order valence-corrected chi connectivity index (χ2v) is 9.83. The van der Waals surface area contributed by atoms with Crippen LogP contribution in [-0.4, -0.2) is 32.1 Å². The third kappa shape index (κ3) is 4.05.